The normalized spacial score (nSPS) is 21.8. The molecule has 3 rings (SSSR count). The fraction of sp³-hybridized carbons (Fsp3) is 0.645. The van der Waals surface area contributed by atoms with Crippen LogP contribution in [0.2, 0.25) is 0 Å². The molecule has 1 aromatic carbocycles. The molecule has 2 aliphatic rings. The first-order valence-electron chi connectivity index (χ1n) is 47.3. The van der Waals surface area contributed by atoms with E-state index in [0.29, 0.717) is 10.5 Å². The van der Waals surface area contributed by atoms with E-state index in [2.05, 4.69) is 58.5 Å². The Balaban J connectivity index is 2.33. The fourth-order valence-electron chi connectivity index (χ4n) is 16.5. The molecular weight excluding hydrogens is 1890 g/mol. The molecule has 20 atom stereocenters. The van der Waals surface area contributed by atoms with Gasteiger partial charge >= 0.3 is 12.0 Å². The molecule has 2 aliphatic heterocycles. The second kappa shape index (κ2) is 57.1. The first-order valence-corrected chi connectivity index (χ1v) is 47.3. The van der Waals surface area contributed by atoms with Crippen LogP contribution in [0.25, 0.3) is 0 Å². The second-order valence-electron chi connectivity index (χ2n) is 37.7. The smallest absolute Gasteiger partial charge is 0.329 e. The van der Waals surface area contributed by atoms with Crippen molar-refractivity contribution in [2.45, 2.75) is 284 Å². The Morgan fingerprint density at radius 2 is 1.02 bits per heavy atom. The number of urea groups is 1. The number of hydrogen-bond acceptors (Lipinski definition) is 27. The molecule has 22 N–H and O–H groups in total. The molecule has 144 heavy (non-hydrogen) atoms. The zero-order valence-corrected chi connectivity index (χ0v) is 86.4. The largest absolute Gasteiger partial charge is 0.458 e. The van der Waals surface area contributed by atoms with Crippen LogP contribution in [0, 0.1) is 35.5 Å². The Morgan fingerprint density at radius 3 is 1.53 bits per heavy atom. The van der Waals surface area contributed by atoms with Gasteiger partial charge in [-0.3, -0.25) is 116 Å². The first-order chi connectivity index (χ1) is 66.9. The Bertz CT molecular complexity index is 4920. The maximum atomic E-state index is 15.6. The molecule has 51 heteroatoms. The van der Waals surface area contributed by atoms with Crippen LogP contribution in [-0.2, 0) is 131 Å². The number of cyclic esters (lactones) is 1. The van der Waals surface area contributed by atoms with E-state index in [0.717, 1.165) is 71.2 Å². The molecule has 0 spiro atoms. The van der Waals surface area contributed by atoms with Crippen LogP contribution in [0.3, 0.4) is 0 Å². The quantitative estimate of drug-likeness (QED) is 0.0273. The van der Waals surface area contributed by atoms with Crippen molar-refractivity contribution in [2.24, 2.45) is 64.2 Å². The van der Waals surface area contributed by atoms with Crippen molar-refractivity contribution in [1.82, 2.24) is 98.1 Å². The van der Waals surface area contributed by atoms with E-state index in [-0.39, 0.29) is 43.4 Å². The molecule has 1 aromatic rings. The van der Waals surface area contributed by atoms with Gasteiger partial charge in [0.2, 0.25) is 136 Å². The number of ether oxygens (including phenoxy) is 2. The van der Waals surface area contributed by atoms with Crippen LogP contribution < -0.4 is 92.5 Å². The van der Waals surface area contributed by atoms with E-state index < -0.39 is 338 Å². The Hall–Kier alpha value is -14.3. The summed E-state index contributed by atoms with van der Waals surface area (Å²) < 4.78 is 11.0. The van der Waals surface area contributed by atoms with Crippen LogP contribution in [-0.4, -0.2) is 355 Å². The number of nitrogens with one attached hydrogen (secondary N) is 12. The number of esters is 1. The molecule has 2 heterocycles. The lowest BCUT2D eigenvalue weighted by Gasteiger charge is -2.42. The Labute approximate surface area is 836 Å². The number of methoxy groups -OCH3 is 1. The van der Waals surface area contributed by atoms with Gasteiger partial charge in [-0.2, -0.15) is 0 Å². The number of hydrogen-bond donors (Lipinski definition) is 17. The highest BCUT2D eigenvalue weighted by Gasteiger charge is 2.49. The van der Waals surface area contributed by atoms with Crippen LogP contribution in [0.4, 0.5) is 4.79 Å². The highest BCUT2D eigenvalue weighted by Crippen LogP contribution is 2.28. The monoisotopic (exact) mass is 2030 g/mol. The molecule has 0 saturated carbocycles. The zero-order valence-electron chi connectivity index (χ0n) is 86.4. The van der Waals surface area contributed by atoms with E-state index in [9.17, 15) is 81.5 Å². The summed E-state index contributed by atoms with van der Waals surface area (Å²) in [5, 5.41) is 28.1. The third kappa shape index (κ3) is 36.0. The lowest BCUT2D eigenvalue weighted by atomic mass is 9.92. The molecule has 0 unspecified atom stereocenters. The summed E-state index contributed by atoms with van der Waals surface area (Å²) >= 11 is 0. The maximum Gasteiger partial charge on any atom is 0.329 e. The van der Waals surface area contributed by atoms with Gasteiger partial charge in [0.15, 0.2) is 0 Å². The summed E-state index contributed by atoms with van der Waals surface area (Å²) in [6, 6.07) is -20.5. The van der Waals surface area contributed by atoms with Gasteiger partial charge in [0.1, 0.15) is 103 Å². The van der Waals surface area contributed by atoms with Gasteiger partial charge in [-0.15, -0.1) is 0 Å². The predicted molar refractivity (Wildman–Crippen MR) is 516 cm³/mol. The average Bonchev–Trinajstić information content (AvgIpc) is 0.994. The average molecular weight is 2030 g/mol. The highest BCUT2D eigenvalue weighted by atomic mass is 16.5. The molecule has 0 radical (unpaired) electrons. The number of imide groups is 1. The van der Waals surface area contributed by atoms with Gasteiger partial charge in [0, 0.05) is 74.1 Å². The van der Waals surface area contributed by atoms with Crippen LogP contribution in [0.1, 0.15) is 181 Å². The standard InChI is InChI=1S/C93H148N24O27/c1-25-46(10)70-83(132)103-54-38-66(122)107-71(54)49(13)77(126)104-57(39-67(123)108-93(98)142)80(129)100-51(15)85(134)117(23)76(48(12)27-3)92(141)144-52(16)72(84(133)106-59(37-64(96)120)86(135)111(17)41-68(124)101-55(35-62(94)118)79(128)99-50(14)78(127)109-70)110-81(130)56(36-63(95)119)105-82(131)60(33-43(4)5)112(18)89(138)74(45(8)9)115(21)91(140)75(47(11)26-2)116(22)88(137)61(40-65(97)121)113(19)90(139)73(44(6)7)114(20)87(136)58(102-69(125)42-143-24)34-53-31-29-28-30-32-53/h28-32,43-48,50-52,54-61,70,72-76H,25-27,33-42H2,1-24H3,(H2,94,118)(H2,95,119)(H2,96,120)(H2,97,121)(H,99,128)(H,100,129)(H,101,124)(H,102,125)(H,103,132)(H,104,126)(H,105,131)(H,106,133)(H,107,122)(H,109,127)(H,110,130)(H3,98,108,123,142)/t46-,47-,48+,50+,51-,52-,54+,55+,56+,57+,58-,59+,60+,61+,70-,72+,73+,74+,75+,76-/m1/s1. The molecule has 0 bridgehead atoms. The summed E-state index contributed by atoms with van der Waals surface area (Å²) in [5.74, 6) is -31.4. The zero-order chi connectivity index (χ0) is 110. The fourth-order valence-corrected chi connectivity index (χ4v) is 16.5. The predicted octanol–water partition coefficient (Wildman–Crippen LogP) is -6.49. The lowest BCUT2D eigenvalue weighted by Crippen LogP contribution is -2.63. The number of nitrogens with zero attached hydrogens (tertiary/aromatic N) is 7. The minimum Gasteiger partial charge on any atom is -0.458 e. The number of carbonyl (C=O) groups excluding carboxylic acids is 25. The summed E-state index contributed by atoms with van der Waals surface area (Å²) in [4.78, 5) is 362. The number of carbonyl (C=O) groups is 25. The van der Waals surface area contributed by atoms with Crippen molar-refractivity contribution >= 4 is 148 Å². The highest BCUT2D eigenvalue weighted by molar-refractivity contribution is 6.06. The minimum atomic E-state index is -2.40. The number of nitrogens with two attached hydrogens (primary N) is 5. The van der Waals surface area contributed by atoms with Gasteiger partial charge in [-0.05, 0) is 75.2 Å². The number of benzene rings is 1. The number of primary amides is 5. The van der Waals surface area contributed by atoms with E-state index >= 15 is 38.4 Å². The minimum absolute atomic E-state index is 0.0133. The summed E-state index contributed by atoms with van der Waals surface area (Å²) in [7, 11) is 9.56. The van der Waals surface area contributed by atoms with Gasteiger partial charge in [-0.1, -0.05) is 133 Å². The van der Waals surface area contributed by atoms with E-state index in [1.807, 2.05) is 0 Å². The van der Waals surface area contributed by atoms with Crippen LogP contribution in [0.5, 0.6) is 0 Å². The molecule has 802 valence electrons. The Kier molecular flexibility index (Phi) is 49.1. The molecule has 1 fully saturated rings. The maximum absolute atomic E-state index is 15.6. The number of amides is 25. The number of rotatable bonds is 39. The molecule has 25 amide bonds. The summed E-state index contributed by atoms with van der Waals surface area (Å²) in [6.45, 7) is 22.1. The molecule has 0 aromatic heterocycles. The molecular formula is C93H148N24O27. The van der Waals surface area contributed by atoms with Crippen molar-refractivity contribution < 1.29 is 129 Å². The van der Waals surface area contributed by atoms with Crippen LogP contribution in [0.15, 0.2) is 41.6 Å². The molecule has 0 aliphatic carbocycles. The van der Waals surface area contributed by atoms with Crippen molar-refractivity contribution in [3.63, 3.8) is 0 Å². The first kappa shape index (κ1) is 124. The lowest BCUT2D eigenvalue weighted by molar-refractivity contribution is -0.163. The van der Waals surface area contributed by atoms with Crippen molar-refractivity contribution in [3.8, 4) is 0 Å². The van der Waals surface area contributed by atoms with Gasteiger partial charge < -0.3 is 131 Å². The topological polar surface area (TPSA) is 742 Å². The van der Waals surface area contributed by atoms with E-state index in [4.69, 9.17) is 38.1 Å². The van der Waals surface area contributed by atoms with Crippen molar-refractivity contribution in [3.05, 3.63) is 47.2 Å². The van der Waals surface area contributed by atoms with E-state index in [1.165, 1.54) is 49.3 Å². The van der Waals surface area contributed by atoms with E-state index in [1.54, 1.807) is 112 Å². The van der Waals surface area contributed by atoms with Gasteiger partial charge in [0.25, 0.3) is 0 Å². The molecule has 51 nitrogen and oxygen atoms in total. The Morgan fingerprint density at radius 1 is 0.507 bits per heavy atom. The van der Waals surface area contributed by atoms with Gasteiger partial charge in [0.05, 0.1) is 51.1 Å². The van der Waals surface area contributed by atoms with Crippen LogP contribution >= 0.6 is 0 Å². The third-order valence-corrected chi connectivity index (χ3v) is 25.0. The second-order valence-corrected chi connectivity index (χ2v) is 37.7. The number of fused-ring (bicyclic) bond motifs is 1. The summed E-state index contributed by atoms with van der Waals surface area (Å²) in [5.41, 5.74) is 28.0. The SMILES string of the molecule is CC[C@@H](C)[C@@H](C(=O)N(C)[C@H](C(=O)N(C)[C@@H](CC(C)C)C(=O)N[C@@H](CC(N)=O)C(=O)N[C@@H]1C(=O)N[C@@H](CC(N)=O)C(=O)N(C)CC(=O)N[C@@H](CC(N)=O)C(=O)N[C@@H](C)C(=O)N[C@H]([C@H](C)CC)C(=O)N[C@H]2CC(=O)NC2=C(C)C(=O)N[C@@H](CC(=O)NC(N)=O)C(=O)N[C@H](C)C(=O)N(C)[C@H]([C@@H](C)CC)C(=O)O[C@@H]1C)C(C)C)N(C)C(=O)[C@H](CC(N)=O)N(C)C(=O)[C@H](C(C)C)N(C)C(=O)[C@@H](Cc1ccccc1)NC(=O)COC. The van der Waals surface area contributed by atoms with Crippen molar-refractivity contribution in [1.29, 1.82) is 0 Å². The number of likely N-dealkylation sites (N-methyl/N-ethyl adjacent to an activating group) is 7. The van der Waals surface area contributed by atoms with Gasteiger partial charge in [-0.25, -0.2) is 9.59 Å². The van der Waals surface area contributed by atoms with Crippen molar-refractivity contribution in [2.75, 3.05) is 69.6 Å². The summed E-state index contributed by atoms with van der Waals surface area (Å²) in [6.07, 6.45) is -7.56. The molecule has 1 saturated heterocycles. The third-order valence-electron chi connectivity index (χ3n) is 25.0.